The Balaban J connectivity index is 2.15. The van der Waals surface area contributed by atoms with Gasteiger partial charge in [-0.15, -0.1) is 0 Å². The minimum absolute atomic E-state index is 0.132. The summed E-state index contributed by atoms with van der Waals surface area (Å²) in [4.78, 5) is 15.2. The summed E-state index contributed by atoms with van der Waals surface area (Å²) >= 11 is 0. The van der Waals surface area contributed by atoms with Gasteiger partial charge in [0.2, 0.25) is 0 Å². The van der Waals surface area contributed by atoms with Crippen molar-refractivity contribution in [3.63, 3.8) is 0 Å². The summed E-state index contributed by atoms with van der Waals surface area (Å²) in [6.45, 7) is 9.05. The third-order valence-corrected chi connectivity index (χ3v) is 5.62. The number of carbonyl (C=O) groups excluding carboxylic acids is 1. The maximum absolute atomic E-state index is 11.7. The number of nitrogens with zero attached hydrogens (tertiary/aromatic N) is 1. The van der Waals surface area contributed by atoms with Gasteiger partial charge in [0.25, 0.3) is 0 Å². The Kier molecular flexibility index (Phi) is 3.56. The Labute approximate surface area is 129 Å². The summed E-state index contributed by atoms with van der Waals surface area (Å²) < 4.78 is 10.4. The first-order valence-electron chi connectivity index (χ1n) is 7.46. The lowest BCUT2D eigenvalue weighted by molar-refractivity contribution is -0.142. The average molecular weight is 316 g/mol. The molecular formula is C16H20N2O3Si. The fraction of sp³-hybridized carbons (Fsp3) is 0.375. The molecule has 1 N–H and O–H groups in total. The van der Waals surface area contributed by atoms with Gasteiger partial charge in [0.05, 0.1) is 26.5 Å². The first-order chi connectivity index (χ1) is 10.4. The summed E-state index contributed by atoms with van der Waals surface area (Å²) in [7, 11) is -1.44. The van der Waals surface area contributed by atoms with Gasteiger partial charge in [-0.3, -0.25) is 4.79 Å². The molecule has 0 radical (unpaired) electrons. The molecule has 0 saturated carbocycles. The Bertz CT molecular complexity index is 842. The highest BCUT2D eigenvalue weighted by Gasteiger charge is 2.22. The highest BCUT2D eigenvalue weighted by Crippen LogP contribution is 2.28. The molecule has 0 bridgehead atoms. The van der Waals surface area contributed by atoms with Crippen molar-refractivity contribution in [2.45, 2.75) is 33.0 Å². The van der Waals surface area contributed by atoms with E-state index in [2.05, 4.69) is 35.8 Å². The Morgan fingerprint density at radius 1 is 1.36 bits per heavy atom. The molecule has 0 aliphatic heterocycles. The SMILES string of the molecule is CCOC(=O)Cc1noc2ccc3[nH]c([Si](C)(C)C)cc3c12. The molecule has 0 unspecified atom stereocenters. The number of nitrogens with one attached hydrogen (secondary N) is 1. The molecule has 6 heteroatoms. The van der Waals surface area contributed by atoms with Crippen LogP contribution in [0.15, 0.2) is 22.7 Å². The molecule has 2 heterocycles. The van der Waals surface area contributed by atoms with E-state index in [0.29, 0.717) is 17.9 Å². The smallest absolute Gasteiger partial charge is 0.312 e. The molecule has 2 aromatic heterocycles. The zero-order valence-electron chi connectivity index (χ0n) is 13.3. The monoisotopic (exact) mass is 316 g/mol. The molecule has 0 saturated heterocycles. The third-order valence-electron chi connectivity index (χ3n) is 3.73. The van der Waals surface area contributed by atoms with Crippen molar-refractivity contribution in [2.75, 3.05) is 6.61 Å². The van der Waals surface area contributed by atoms with Crippen LogP contribution in [0.25, 0.3) is 21.9 Å². The van der Waals surface area contributed by atoms with E-state index in [1.165, 1.54) is 5.32 Å². The van der Waals surface area contributed by atoms with Crippen LogP contribution in [0.1, 0.15) is 12.6 Å². The van der Waals surface area contributed by atoms with Crippen LogP contribution in [0.2, 0.25) is 19.6 Å². The van der Waals surface area contributed by atoms with Crippen molar-refractivity contribution in [2.24, 2.45) is 0 Å². The molecule has 0 aliphatic rings. The quantitative estimate of drug-likeness (QED) is 0.593. The van der Waals surface area contributed by atoms with Gasteiger partial charge in [-0.25, -0.2) is 0 Å². The highest BCUT2D eigenvalue weighted by atomic mass is 28.3. The molecule has 0 atom stereocenters. The molecule has 0 fully saturated rings. The van der Waals surface area contributed by atoms with E-state index in [-0.39, 0.29) is 12.4 Å². The van der Waals surface area contributed by atoms with Gasteiger partial charge in [0.15, 0.2) is 5.58 Å². The lowest BCUT2D eigenvalue weighted by atomic mass is 10.1. The molecule has 0 amide bonds. The molecule has 22 heavy (non-hydrogen) atoms. The van der Waals surface area contributed by atoms with Crippen molar-refractivity contribution in [1.29, 1.82) is 0 Å². The minimum Gasteiger partial charge on any atom is -0.466 e. The van der Waals surface area contributed by atoms with Crippen LogP contribution in [-0.4, -0.2) is 30.8 Å². The number of benzene rings is 1. The molecular weight excluding hydrogens is 296 g/mol. The van der Waals surface area contributed by atoms with Gasteiger partial charge in [-0.2, -0.15) is 0 Å². The summed E-state index contributed by atoms with van der Waals surface area (Å²) in [5.74, 6) is -0.282. The Morgan fingerprint density at radius 3 is 2.82 bits per heavy atom. The molecule has 5 nitrogen and oxygen atoms in total. The number of hydrogen-bond acceptors (Lipinski definition) is 4. The lowest BCUT2D eigenvalue weighted by Gasteiger charge is -2.12. The number of rotatable bonds is 4. The van der Waals surface area contributed by atoms with Crippen LogP contribution in [0.5, 0.6) is 0 Å². The second kappa shape index (κ2) is 5.28. The summed E-state index contributed by atoms with van der Waals surface area (Å²) in [6.07, 6.45) is 0.132. The van der Waals surface area contributed by atoms with Crippen LogP contribution in [0.4, 0.5) is 0 Å². The van der Waals surface area contributed by atoms with Crippen LogP contribution < -0.4 is 5.32 Å². The fourth-order valence-corrected chi connectivity index (χ4v) is 3.67. The minimum atomic E-state index is -1.44. The third kappa shape index (κ3) is 2.54. The number of hydrogen-bond donors (Lipinski definition) is 1. The topological polar surface area (TPSA) is 68.1 Å². The van der Waals surface area contributed by atoms with Gasteiger partial charge in [0.1, 0.15) is 5.69 Å². The zero-order chi connectivity index (χ0) is 15.9. The predicted octanol–water partition coefficient (Wildman–Crippen LogP) is 2.96. The van der Waals surface area contributed by atoms with Crippen molar-refractivity contribution >= 4 is 41.2 Å². The number of carbonyl (C=O) groups is 1. The van der Waals surface area contributed by atoms with E-state index in [9.17, 15) is 4.79 Å². The van der Waals surface area contributed by atoms with E-state index in [4.69, 9.17) is 9.26 Å². The predicted molar refractivity (Wildman–Crippen MR) is 89.2 cm³/mol. The van der Waals surface area contributed by atoms with Gasteiger partial charge in [-0.05, 0) is 30.4 Å². The highest BCUT2D eigenvalue weighted by molar-refractivity contribution is 6.88. The summed E-state index contributed by atoms with van der Waals surface area (Å²) in [6, 6.07) is 6.07. The van der Waals surface area contributed by atoms with Crippen LogP contribution in [0, 0.1) is 0 Å². The maximum Gasteiger partial charge on any atom is 0.312 e. The largest absolute Gasteiger partial charge is 0.466 e. The first-order valence-corrected chi connectivity index (χ1v) is 11.0. The van der Waals surface area contributed by atoms with Gasteiger partial charge in [-0.1, -0.05) is 24.8 Å². The molecule has 116 valence electrons. The van der Waals surface area contributed by atoms with Crippen molar-refractivity contribution in [3.8, 4) is 0 Å². The standard InChI is InChI=1S/C16H20N2O3Si/c1-5-20-15(19)9-12-16-10-8-14(22(2,3)4)17-11(10)6-7-13(16)21-18-12/h6-8,17H,5,9H2,1-4H3. The molecule has 3 aromatic rings. The van der Waals surface area contributed by atoms with Crippen LogP contribution >= 0.6 is 0 Å². The maximum atomic E-state index is 11.7. The van der Waals surface area contributed by atoms with Gasteiger partial charge in [0, 0.05) is 10.9 Å². The Morgan fingerprint density at radius 2 is 2.14 bits per heavy atom. The summed E-state index contributed by atoms with van der Waals surface area (Å²) in [5, 5.41) is 7.31. The second-order valence-corrected chi connectivity index (χ2v) is 11.5. The van der Waals surface area contributed by atoms with E-state index in [0.717, 1.165) is 16.3 Å². The molecule has 3 rings (SSSR count). The normalized spacial score (nSPS) is 12.2. The van der Waals surface area contributed by atoms with E-state index < -0.39 is 8.07 Å². The van der Waals surface area contributed by atoms with Crippen molar-refractivity contribution in [3.05, 3.63) is 23.9 Å². The number of aromatic amines is 1. The zero-order valence-corrected chi connectivity index (χ0v) is 14.3. The Hall–Kier alpha value is -2.08. The van der Waals surface area contributed by atoms with Crippen LogP contribution in [-0.2, 0) is 16.0 Å². The van der Waals surface area contributed by atoms with Crippen molar-refractivity contribution < 1.29 is 14.1 Å². The average Bonchev–Trinajstić information content (AvgIpc) is 3.01. The number of H-pyrrole nitrogens is 1. The fourth-order valence-electron chi connectivity index (χ4n) is 2.58. The van der Waals surface area contributed by atoms with Crippen LogP contribution in [0.3, 0.4) is 0 Å². The van der Waals surface area contributed by atoms with E-state index in [1.54, 1.807) is 6.92 Å². The first kappa shape index (κ1) is 14.8. The number of esters is 1. The summed E-state index contributed by atoms with van der Waals surface area (Å²) in [5.41, 5.74) is 2.39. The van der Waals surface area contributed by atoms with E-state index in [1.807, 2.05) is 12.1 Å². The molecule has 1 aromatic carbocycles. The van der Waals surface area contributed by atoms with Gasteiger partial charge < -0.3 is 14.2 Å². The number of fused-ring (bicyclic) bond motifs is 3. The number of aromatic nitrogens is 2. The molecule has 0 aliphatic carbocycles. The second-order valence-electron chi connectivity index (χ2n) is 6.44. The van der Waals surface area contributed by atoms with E-state index >= 15 is 0 Å². The molecule has 0 spiro atoms. The van der Waals surface area contributed by atoms with Crippen molar-refractivity contribution in [1.82, 2.24) is 10.1 Å². The van der Waals surface area contributed by atoms with Gasteiger partial charge >= 0.3 is 5.97 Å². The lowest BCUT2D eigenvalue weighted by Crippen LogP contribution is -2.38. The number of ether oxygens (including phenoxy) is 1.